The second-order valence-corrected chi connectivity index (χ2v) is 9.05. The molecular weight excluding hydrogens is 386 g/mol. The number of aliphatic hydroxyl groups is 1. The van der Waals surface area contributed by atoms with Crippen LogP contribution < -0.4 is 0 Å². The van der Waals surface area contributed by atoms with Gasteiger partial charge < -0.3 is 24.2 Å². The summed E-state index contributed by atoms with van der Waals surface area (Å²) in [5, 5.41) is 10.4. The van der Waals surface area contributed by atoms with Crippen LogP contribution in [-0.2, 0) is 23.8 Å². The maximum atomic E-state index is 12.4. The molecule has 1 amide bonds. The van der Waals surface area contributed by atoms with Crippen LogP contribution in [0.3, 0.4) is 0 Å². The van der Waals surface area contributed by atoms with Crippen LogP contribution in [0, 0.1) is 5.92 Å². The summed E-state index contributed by atoms with van der Waals surface area (Å²) in [4.78, 5) is 26.3. The van der Waals surface area contributed by atoms with E-state index in [1.807, 2.05) is 0 Å². The standard InChI is InChI=1S/C23H39NO6/c1-28-23(27)18-12-13-22(26)24(18)16-17(20-10-4-6-14-29-20)8-2-3-9-19(25)21-11-5-7-15-30-21/h17-21,25H,2-16H2,1H3. The Labute approximate surface area is 180 Å². The van der Waals surface area contributed by atoms with E-state index in [-0.39, 0.29) is 30.0 Å². The van der Waals surface area contributed by atoms with Crippen molar-refractivity contribution in [3.8, 4) is 0 Å². The fourth-order valence-corrected chi connectivity index (χ4v) is 5.14. The van der Waals surface area contributed by atoms with E-state index < -0.39 is 12.1 Å². The highest BCUT2D eigenvalue weighted by Gasteiger charge is 2.39. The van der Waals surface area contributed by atoms with Gasteiger partial charge in [-0.15, -0.1) is 0 Å². The Balaban J connectivity index is 1.52. The minimum Gasteiger partial charge on any atom is -0.467 e. The monoisotopic (exact) mass is 425 g/mol. The number of aliphatic hydroxyl groups excluding tert-OH is 1. The van der Waals surface area contributed by atoms with Gasteiger partial charge >= 0.3 is 5.97 Å². The van der Waals surface area contributed by atoms with Gasteiger partial charge in [-0.2, -0.15) is 0 Å². The van der Waals surface area contributed by atoms with Crippen LogP contribution in [0.4, 0.5) is 0 Å². The van der Waals surface area contributed by atoms with Crippen molar-refractivity contribution in [2.45, 2.75) is 101 Å². The number of methoxy groups -OCH3 is 1. The molecule has 7 heteroatoms. The molecule has 0 aromatic rings. The molecule has 0 aliphatic carbocycles. The minimum atomic E-state index is -0.459. The molecule has 3 aliphatic rings. The highest BCUT2D eigenvalue weighted by molar-refractivity contribution is 5.88. The average molecular weight is 426 g/mol. The molecule has 3 fully saturated rings. The Kier molecular flexibility index (Phi) is 9.40. The third-order valence-electron chi connectivity index (χ3n) is 6.94. The fourth-order valence-electron chi connectivity index (χ4n) is 5.14. The Morgan fingerprint density at radius 1 is 1.07 bits per heavy atom. The first kappa shape index (κ1) is 23.5. The first-order valence-electron chi connectivity index (χ1n) is 11.9. The van der Waals surface area contributed by atoms with Crippen LogP contribution in [0.15, 0.2) is 0 Å². The van der Waals surface area contributed by atoms with Gasteiger partial charge in [0.25, 0.3) is 0 Å². The summed E-state index contributed by atoms with van der Waals surface area (Å²) in [5.74, 6) is -0.0709. The van der Waals surface area contributed by atoms with Gasteiger partial charge in [0, 0.05) is 32.1 Å². The highest BCUT2D eigenvalue weighted by atomic mass is 16.5. The second-order valence-electron chi connectivity index (χ2n) is 9.05. The van der Waals surface area contributed by atoms with E-state index >= 15 is 0 Å². The Morgan fingerprint density at radius 3 is 2.37 bits per heavy atom. The molecule has 7 nitrogen and oxygen atoms in total. The number of rotatable bonds is 10. The number of nitrogens with zero attached hydrogens (tertiary/aromatic N) is 1. The van der Waals surface area contributed by atoms with Crippen LogP contribution in [0.25, 0.3) is 0 Å². The maximum absolute atomic E-state index is 12.4. The number of amides is 1. The lowest BCUT2D eigenvalue weighted by Gasteiger charge is -2.35. The van der Waals surface area contributed by atoms with E-state index in [0.717, 1.165) is 77.4 Å². The molecule has 5 unspecified atom stereocenters. The third kappa shape index (κ3) is 6.41. The molecular formula is C23H39NO6. The van der Waals surface area contributed by atoms with Crippen molar-refractivity contribution >= 4 is 11.9 Å². The zero-order valence-corrected chi connectivity index (χ0v) is 18.4. The molecule has 1 N–H and O–H groups in total. The zero-order chi connectivity index (χ0) is 21.3. The summed E-state index contributed by atoms with van der Waals surface area (Å²) in [6.07, 6.45) is 10.7. The van der Waals surface area contributed by atoms with Gasteiger partial charge in [0.05, 0.1) is 25.4 Å². The molecule has 0 aromatic carbocycles. The number of carbonyl (C=O) groups excluding carboxylic acids is 2. The van der Waals surface area contributed by atoms with Crippen LogP contribution in [-0.4, -0.2) is 73.1 Å². The van der Waals surface area contributed by atoms with Crippen molar-refractivity contribution in [1.29, 1.82) is 0 Å². The smallest absolute Gasteiger partial charge is 0.328 e. The van der Waals surface area contributed by atoms with Crippen molar-refractivity contribution < 1.29 is 28.9 Å². The predicted octanol–water partition coefficient (Wildman–Crippen LogP) is 2.83. The fraction of sp³-hybridized carbons (Fsp3) is 0.913. The summed E-state index contributed by atoms with van der Waals surface area (Å²) < 4.78 is 16.7. The van der Waals surface area contributed by atoms with E-state index in [9.17, 15) is 14.7 Å². The average Bonchev–Trinajstić information content (AvgIpc) is 3.16. The molecule has 30 heavy (non-hydrogen) atoms. The van der Waals surface area contributed by atoms with Crippen molar-refractivity contribution in [3.05, 3.63) is 0 Å². The van der Waals surface area contributed by atoms with E-state index in [4.69, 9.17) is 14.2 Å². The van der Waals surface area contributed by atoms with Crippen molar-refractivity contribution in [2.75, 3.05) is 26.9 Å². The highest BCUT2D eigenvalue weighted by Crippen LogP contribution is 2.29. The molecule has 0 saturated carbocycles. The van der Waals surface area contributed by atoms with E-state index in [1.165, 1.54) is 7.11 Å². The predicted molar refractivity (Wildman–Crippen MR) is 112 cm³/mol. The first-order chi connectivity index (χ1) is 14.6. The van der Waals surface area contributed by atoms with Crippen LogP contribution in [0.2, 0.25) is 0 Å². The molecule has 3 aliphatic heterocycles. The van der Waals surface area contributed by atoms with E-state index in [0.29, 0.717) is 19.4 Å². The van der Waals surface area contributed by atoms with Gasteiger partial charge in [0.15, 0.2) is 0 Å². The molecule has 0 aromatic heterocycles. The van der Waals surface area contributed by atoms with E-state index in [1.54, 1.807) is 4.90 Å². The molecule has 5 atom stereocenters. The summed E-state index contributed by atoms with van der Waals surface area (Å²) >= 11 is 0. The van der Waals surface area contributed by atoms with Crippen LogP contribution in [0.1, 0.15) is 77.0 Å². The van der Waals surface area contributed by atoms with Gasteiger partial charge in [-0.05, 0) is 57.8 Å². The normalized spacial score (nSPS) is 29.6. The van der Waals surface area contributed by atoms with Crippen molar-refractivity contribution in [1.82, 2.24) is 4.90 Å². The SMILES string of the molecule is COC(=O)C1CCC(=O)N1CC(CCCCC(O)C1CCCCO1)C1CCCCO1. The van der Waals surface area contributed by atoms with Gasteiger partial charge in [0.2, 0.25) is 5.91 Å². The molecule has 3 rings (SSSR count). The Morgan fingerprint density at radius 2 is 1.73 bits per heavy atom. The van der Waals surface area contributed by atoms with Crippen LogP contribution >= 0.6 is 0 Å². The zero-order valence-electron chi connectivity index (χ0n) is 18.4. The van der Waals surface area contributed by atoms with Crippen molar-refractivity contribution in [3.63, 3.8) is 0 Å². The Hall–Kier alpha value is -1.18. The molecule has 0 spiro atoms. The molecule has 0 radical (unpaired) electrons. The largest absolute Gasteiger partial charge is 0.467 e. The molecule has 3 saturated heterocycles. The molecule has 3 heterocycles. The van der Waals surface area contributed by atoms with Gasteiger partial charge in [-0.3, -0.25) is 4.79 Å². The number of ether oxygens (including phenoxy) is 3. The summed E-state index contributed by atoms with van der Waals surface area (Å²) in [6.45, 7) is 2.08. The lowest BCUT2D eigenvalue weighted by molar-refractivity contribution is -0.150. The van der Waals surface area contributed by atoms with Gasteiger partial charge in [-0.1, -0.05) is 12.8 Å². The quantitative estimate of drug-likeness (QED) is 0.428. The number of hydrogen-bond donors (Lipinski definition) is 1. The number of carbonyl (C=O) groups is 2. The molecule has 172 valence electrons. The number of unbranched alkanes of at least 4 members (excludes halogenated alkanes) is 1. The van der Waals surface area contributed by atoms with Crippen molar-refractivity contribution in [2.24, 2.45) is 5.92 Å². The second kappa shape index (κ2) is 12.0. The minimum absolute atomic E-state index is 0.0146. The lowest BCUT2D eigenvalue weighted by Crippen LogP contribution is -2.45. The number of hydrogen-bond acceptors (Lipinski definition) is 6. The van der Waals surface area contributed by atoms with Gasteiger partial charge in [-0.25, -0.2) is 4.79 Å². The Bertz CT molecular complexity index is 544. The molecule has 0 bridgehead atoms. The maximum Gasteiger partial charge on any atom is 0.328 e. The summed E-state index contributed by atoms with van der Waals surface area (Å²) in [5.41, 5.74) is 0. The van der Waals surface area contributed by atoms with Crippen LogP contribution in [0.5, 0.6) is 0 Å². The summed E-state index contributed by atoms with van der Waals surface area (Å²) in [6, 6.07) is -0.459. The van der Waals surface area contributed by atoms with Gasteiger partial charge in [0.1, 0.15) is 6.04 Å². The number of esters is 1. The summed E-state index contributed by atoms with van der Waals surface area (Å²) in [7, 11) is 1.38. The first-order valence-corrected chi connectivity index (χ1v) is 11.9. The van der Waals surface area contributed by atoms with E-state index in [2.05, 4.69) is 0 Å². The third-order valence-corrected chi connectivity index (χ3v) is 6.94. The number of likely N-dealkylation sites (tertiary alicyclic amines) is 1. The topological polar surface area (TPSA) is 85.3 Å². The lowest BCUT2D eigenvalue weighted by atomic mass is 9.89.